The third kappa shape index (κ3) is 3.83. The average Bonchev–Trinajstić information content (AvgIpc) is 2.38. The first-order valence-electron chi connectivity index (χ1n) is 4.99. The van der Waals surface area contributed by atoms with Gasteiger partial charge in [-0.25, -0.2) is 0 Å². The summed E-state index contributed by atoms with van der Waals surface area (Å²) < 4.78 is 0. The maximum absolute atomic E-state index is 12.0. The Morgan fingerprint density at radius 2 is 2.12 bits per heavy atom. The van der Waals surface area contributed by atoms with Crippen molar-refractivity contribution in [1.82, 2.24) is 5.32 Å². The topological polar surface area (TPSA) is 52.9 Å². The van der Waals surface area contributed by atoms with Crippen molar-refractivity contribution in [3.8, 4) is 6.07 Å². The van der Waals surface area contributed by atoms with Crippen molar-refractivity contribution >= 4 is 37.8 Å². The van der Waals surface area contributed by atoms with Gasteiger partial charge in [0.2, 0.25) is 0 Å². The molecule has 0 saturated heterocycles. The summed E-state index contributed by atoms with van der Waals surface area (Å²) in [4.78, 5) is 12.0. The van der Waals surface area contributed by atoms with Crippen LogP contribution in [0.5, 0.6) is 0 Å². The van der Waals surface area contributed by atoms with Crippen molar-refractivity contribution in [2.45, 2.75) is 12.5 Å². The molecule has 0 heterocycles. The number of halogens is 2. The van der Waals surface area contributed by atoms with Gasteiger partial charge in [-0.3, -0.25) is 4.79 Å². The highest BCUT2D eigenvalue weighted by molar-refractivity contribution is 9.09. The molecule has 0 aliphatic carbocycles. The molecule has 90 valence electrons. The number of nitrogens with zero attached hydrogens (tertiary/aromatic N) is 1. The van der Waals surface area contributed by atoms with E-state index in [2.05, 4.69) is 37.2 Å². The molecular weight excluding hydrogens is 348 g/mol. The first-order valence-corrected chi connectivity index (χ1v) is 7.23. The summed E-state index contributed by atoms with van der Waals surface area (Å²) in [6.45, 7) is 1.93. The lowest BCUT2D eigenvalue weighted by molar-refractivity contribution is 0.0923. The zero-order chi connectivity index (χ0) is 12.9. The fourth-order valence-corrected chi connectivity index (χ4v) is 2.39. The number of rotatable bonds is 4. The van der Waals surface area contributed by atoms with Gasteiger partial charge < -0.3 is 5.32 Å². The molecular formula is C12H12Br2N2O. The van der Waals surface area contributed by atoms with Crippen molar-refractivity contribution < 1.29 is 4.79 Å². The van der Waals surface area contributed by atoms with Gasteiger partial charge in [0, 0.05) is 16.2 Å². The number of alkyl halides is 2. The smallest absolute Gasteiger partial charge is 0.251 e. The summed E-state index contributed by atoms with van der Waals surface area (Å²) in [7, 11) is 0. The molecule has 5 heteroatoms. The normalized spacial score (nSPS) is 10.7. The van der Waals surface area contributed by atoms with E-state index in [1.165, 1.54) is 0 Å². The van der Waals surface area contributed by atoms with Gasteiger partial charge in [-0.2, -0.15) is 5.26 Å². The minimum absolute atomic E-state index is 0.177. The minimum atomic E-state index is -0.347. The van der Waals surface area contributed by atoms with Gasteiger partial charge in [0.05, 0.1) is 17.2 Å². The average molecular weight is 360 g/mol. The van der Waals surface area contributed by atoms with Crippen LogP contribution in [-0.4, -0.2) is 22.1 Å². The summed E-state index contributed by atoms with van der Waals surface area (Å²) in [5.74, 6) is -0.177. The molecule has 0 radical (unpaired) electrons. The zero-order valence-corrected chi connectivity index (χ0v) is 12.5. The van der Waals surface area contributed by atoms with E-state index in [4.69, 9.17) is 5.26 Å². The van der Waals surface area contributed by atoms with E-state index in [-0.39, 0.29) is 11.4 Å². The van der Waals surface area contributed by atoms with Crippen LogP contribution in [0.2, 0.25) is 0 Å². The van der Waals surface area contributed by atoms with Crippen molar-refractivity contribution in [3.05, 3.63) is 35.4 Å². The zero-order valence-electron chi connectivity index (χ0n) is 9.34. The van der Waals surface area contributed by atoms with Crippen LogP contribution in [0.1, 0.15) is 22.8 Å². The van der Waals surface area contributed by atoms with E-state index >= 15 is 0 Å². The second-order valence-electron chi connectivity index (χ2n) is 3.97. The fraction of sp³-hybridized carbons (Fsp3) is 0.333. The second-order valence-corrected chi connectivity index (χ2v) is 5.10. The Morgan fingerprint density at radius 3 is 2.65 bits per heavy atom. The van der Waals surface area contributed by atoms with Crippen molar-refractivity contribution in [1.29, 1.82) is 5.26 Å². The lowest BCUT2D eigenvalue weighted by atomic mass is 10.1. The van der Waals surface area contributed by atoms with Gasteiger partial charge >= 0.3 is 0 Å². The number of carbonyl (C=O) groups excluding carboxylic acids is 1. The molecule has 0 bridgehead atoms. The molecule has 0 aliphatic heterocycles. The fourth-order valence-electron chi connectivity index (χ4n) is 1.18. The highest BCUT2D eigenvalue weighted by Gasteiger charge is 2.24. The Kier molecular flexibility index (Phi) is 5.16. The molecule has 1 rings (SSSR count). The van der Waals surface area contributed by atoms with Crippen LogP contribution in [0.15, 0.2) is 24.3 Å². The molecule has 0 saturated carbocycles. The summed E-state index contributed by atoms with van der Waals surface area (Å²) >= 11 is 6.73. The largest absolute Gasteiger partial charge is 0.345 e. The van der Waals surface area contributed by atoms with Gasteiger partial charge in [0.25, 0.3) is 5.91 Å². The molecule has 3 nitrogen and oxygen atoms in total. The predicted octanol–water partition coefficient (Wildman–Crippen LogP) is 2.84. The molecule has 1 amide bonds. The van der Waals surface area contributed by atoms with Gasteiger partial charge in [0.1, 0.15) is 0 Å². The Labute approximate surface area is 117 Å². The Morgan fingerprint density at radius 1 is 1.47 bits per heavy atom. The molecule has 1 aromatic carbocycles. The van der Waals surface area contributed by atoms with Crippen LogP contribution in [0.25, 0.3) is 0 Å². The van der Waals surface area contributed by atoms with Gasteiger partial charge in [-0.15, -0.1) is 0 Å². The van der Waals surface area contributed by atoms with Crippen molar-refractivity contribution in [2.24, 2.45) is 0 Å². The van der Waals surface area contributed by atoms with Crippen LogP contribution in [0, 0.1) is 11.3 Å². The third-order valence-electron chi connectivity index (χ3n) is 2.26. The van der Waals surface area contributed by atoms with E-state index in [9.17, 15) is 4.79 Å². The molecule has 0 atom stereocenters. The number of benzene rings is 1. The van der Waals surface area contributed by atoms with Gasteiger partial charge in [-0.05, 0) is 25.1 Å². The molecule has 1 N–H and O–H groups in total. The lowest BCUT2D eigenvalue weighted by Crippen LogP contribution is -2.48. The second kappa shape index (κ2) is 6.18. The van der Waals surface area contributed by atoms with Crippen LogP contribution in [0.3, 0.4) is 0 Å². The van der Waals surface area contributed by atoms with E-state index in [1.807, 2.05) is 13.0 Å². The summed E-state index contributed by atoms with van der Waals surface area (Å²) in [5.41, 5.74) is 0.633. The van der Waals surface area contributed by atoms with Crippen LogP contribution >= 0.6 is 31.9 Å². The Hall–Kier alpha value is -0.860. The van der Waals surface area contributed by atoms with Crippen molar-refractivity contribution in [2.75, 3.05) is 10.7 Å². The Bertz CT molecular complexity index is 450. The number of carbonyl (C=O) groups is 1. The van der Waals surface area contributed by atoms with Gasteiger partial charge in [0.15, 0.2) is 0 Å². The SMILES string of the molecule is CC(CBr)(CBr)NC(=O)c1cccc(C#N)c1. The Balaban J connectivity index is 2.87. The molecule has 0 spiro atoms. The number of nitrogens with one attached hydrogen (secondary N) is 1. The predicted molar refractivity (Wildman–Crippen MR) is 74.6 cm³/mol. The number of amides is 1. The number of hydrogen-bond donors (Lipinski definition) is 1. The minimum Gasteiger partial charge on any atom is -0.345 e. The van der Waals surface area contributed by atoms with E-state index < -0.39 is 0 Å². The number of hydrogen-bond acceptors (Lipinski definition) is 2. The quantitative estimate of drug-likeness (QED) is 0.840. The van der Waals surface area contributed by atoms with Crippen LogP contribution in [0.4, 0.5) is 0 Å². The first-order chi connectivity index (χ1) is 8.04. The van der Waals surface area contributed by atoms with Crippen LogP contribution in [-0.2, 0) is 0 Å². The third-order valence-corrected chi connectivity index (χ3v) is 4.73. The van der Waals surface area contributed by atoms with Crippen LogP contribution < -0.4 is 5.32 Å². The molecule has 0 unspecified atom stereocenters. The summed E-state index contributed by atoms with van der Waals surface area (Å²) in [6.07, 6.45) is 0. The molecule has 1 aromatic rings. The monoisotopic (exact) mass is 358 g/mol. The van der Waals surface area contributed by atoms with E-state index in [1.54, 1.807) is 24.3 Å². The van der Waals surface area contributed by atoms with E-state index in [0.29, 0.717) is 21.8 Å². The summed E-state index contributed by atoms with van der Waals surface area (Å²) in [6, 6.07) is 8.66. The molecule has 17 heavy (non-hydrogen) atoms. The molecule has 0 aromatic heterocycles. The van der Waals surface area contributed by atoms with E-state index in [0.717, 1.165) is 0 Å². The maximum atomic E-state index is 12.0. The van der Waals surface area contributed by atoms with Gasteiger partial charge in [-0.1, -0.05) is 37.9 Å². The standard InChI is InChI=1S/C12H12Br2N2O/c1-12(7-13,8-14)16-11(17)10-4-2-3-9(5-10)6-15/h2-5H,7-8H2,1H3,(H,16,17). The molecule has 0 fully saturated rings. The highest BCUT2D eigenvalue weighted by Crippen LogP contribution is 2.13. The van der Waals surface area contributed by atoms with Crippen molar-refractivity contribution in [3.63, 3.8) is 0 Å². The molecule has 0 aliphatic rings. The maximum Gasteiger partial charge on any atom is 0.251 e. The summed E-state index contributed by atoms with van der Waals surface area (Å²) in [5, 5.41) is 13.0. The lowest BCUT2D eigenvalue weighted by Gasteiger charge is -2.26. The highest BCUT2D eigenvalue weighted by atomic mass is 79.9. The number of nitriles is 1. The first kappa shape index (κ1) is 14.2.